The zero-order valence-electron chi connectivity index (χ0n) is 18.4. The molecule has 0 radical (unpaired) electrons. The Morgan fingerprint density at radius 1 is 1.29 bits per heavy atom. The molecule has 2 heterocycles. The second-order valence-electron chi connectivity index (χ2n) is 8.04. The fourth-order valence-corrected chi connectivity index (χ4v) is 4.93. The van der Waals surface area contributed by atoms with E-state index in [2.05, 4.69) is 10.1 Å². The molecular formula is C23H22FN5O4S. The average Bonchev–Trinajstić information content (AvgIpc) is 3.34. The Morgan fingerprint density at radius 2 is 2.06 bits per heavy atom. The van der Waals surface area contributed by atoms with Gasteiger partial charge in [0.05, 0.1) is 29.0 Å². The lowest BCUT2D eigenvalue weighted by atomic mass is 9.98. The first-order chi connectivity index (χ1) is 16.3. The smallest absolute Gasteiger partial charge is 0.243 e. The molecule has 1 aromatic heterocycles. The Bertz CT molecular complexity index is 1330. The Balaban J connectivity index is 1.42. The summed E-state index contributed by atoms with van der Waals surface area (Å²) in [7, 11) is -2.55. The Labute approximate surface area is 196 Å². The Hall–Kier alpha value is -3.62. The number of likely N-dealkylation sites (N-methyl/N-ethyl adjacent to an activating group) is 1. The third-order valence-corrected chi connectivity index (χ3v) is 7.52. The van der Waals surface area contributed by atoms with Crippen molar-refractivity contribution in [1.82, 2.24) is 19.3 Å². The van der Waals surface area contributed by atoms with Crippen LogP contribution in [0.15, 0.2) is 57.9 Å². The van der Waals surface area contributed by atoms with Gasteiger partial charge >= 0.3 is 0 Å². The van der Waals surface area contributed by atoms with Gasteiger partial charge in [0.15, 0.2) is 0 Å². The SMILES string of the molecule is CN(CC(=O)N1CCCC(c2nc(-c3cccc(F)c3)no2)C1)S(=O)(=O)c1ccc(C#N)cc1. The van der Waals surface area contributed by atoms with Gasteiger partial charge in [-0.3, -0.25) is 4.79 Å². The number of piperidine rings is 1. The highest BCUT2D eigenvalue weighted by molar-refractivity contribution is 7.89. The molecule has 2 aromatic carbocycles. The van der Waals surface area contributed by atoms with Gasteiger partial charge < -0.3 is 9.42 Å². The van der Waals surface area contributed by atoms with Crippen LogP contribution in [0.2, 0.25) is 0 Å². The molecule has 11 heteroatoms. The number of hydrogen-bond donors (Lipinski definition) is 0. The minimum Gasteiger partial charge on any atom is -0.341 e. The topological polar surface area (TPSA) is 120 Å². The van der Waals surface area contributed by atoms with Crippen LogP contribution in [0.25, 0.3) is 11.4 Å². The molecule has 4 rings (SSSR count). The van der Waals surface area contributed by atoms with Crippen molar-refractivity contribution in [3.8, 4) is 17.5 Å². The van der Waals surface area contributed by atoms with E-state index < -0.39 is 15.8 Å². The van der Waals surface area contributed by atoms with Crippen LogP contribution in [0.3, 0.4) is 0 Å². The number of hydrogen-bond acceptors (Lipinski definition) is 7. The highest BCUT2D eigenvalue weighted by Crippen LogP contribution is 2.28. The number of halogens is 1. The van der Waals surface area contributed by atoms with Crippen molar-refractivity contribution < 1.29 is 22.1 Å². The summed E-state index contributed by atoms with van der Waals surface area (Å²) in [6, 6.07) is 13.3. The minimum absolute atomic E-state index is 0.00839. The van der Waals surface area contributed by atoms with Crippen molar-refractivity contribution in [3.05, 3.63) is 65.8 Å². The summed E-state index contributed by atoms with van der Waals surface area (Å²) in [5.41, 5.74) is 0.840. The first-order valence-corrected chi connectivity index (χ1v) is 12.1. The van der Waals surface area contributed by atoms with Gasteiger partial charge in [0.1, 0.15) is 5.82 Å². The summed E-state index contributed by atoms with van der Waals surface area (Å²) >= 11 is 0. The third kappa shape index (κ3) is 4.98. The van der Waals surface area contributed by atoms with Crippen LogP contribution in [0.1, 0.15) is 30.2 Å². The normalized spacial score (nSPS) is 16.4. The molecule has 0 saturated carbocycles. The molecule has 176 valence electrons. The second-order valence-corrected chi connectivity index (χ2v) is 10.1. The molecule has 0 spiro atoms. The van der Waals surface area contributed by atoms with E-state index in [1.165, 1.54) is 43.4 Å². The highest BCUT2D eigenvalue weighted by atomic mass is 32.2. The first-order valence-electron chi connectivity index (χ1n) is 10.6. The molecule has 1 amide bonds. The van der Waals surface area contributed by atoms with Crippen molar-refractivity contribution >= 4 is 15.9 Å². The summed E-state index contributed by atoms with van der Waals surface area (Å²) in [5.74, 6) is -0.317. The van der Waals surface area contributed by atoms with Gasteiger partial charge in [-0.25, -0.2) is 12.8 Å². The lowest BCUT2D eigenvalue weighted by Gasteiger charge is -2.32. The molecule has 0 N–H and O–H groups in total. The molecular weight excluding hydrogens is 461 g/mol. The number of benzene rings is 2. The molecule has 9 nitrogen and oxygen atoms in total. The van der Waals surface area contributed by atoms with E-state index in [0.717, 1.165) is 10.7 Å². The van der Waals surface area contributed by atoms with E-state index in [4.69, 9.17) is 9.78 Å². The van der Waals surface area contributed by atoms with E-state index in [-0.39, 0.29) is 29.1 Å². The van der Waals surface area contributed by atoms with Gasteiger partial charge in [-0.05, 0) is 49.2 Å². The number of nitrogens with zero attached hydrogens (tertiary/aromatic N) is 5. The molecule has 1 aliphatic heterocycles. The van der Waals surface area contributed by atoms with Crippen molar-refractivity contribution in [2.45, 2.75) is 23.7 Å². The Morgan fingerprint density at radius 3 is 2.76 bits per heavy atom. The van der Waals surface area contributed by atoms with Crippen LogP contribution in [0.4, 0.5) is 4.39 Å². The summed E-state index contributed by atoms with van der Waals surface area (Å²) < 4.78 is 45.5. The number of nitriles is 1. The number of carbonyl (C=O) groups excluding carboxylic acids is 1. The van der Waals surface area contributed by atoms with Crippen molar-refractivity contribution in [2.75, 3.05) is 26.7 Å². The maximum atomic E-state index is 13.5. The fourth-order valence-electron chi connectivity index (χ4n) is 3.81. The molecule has 1 fully saturated rings. The predicted octanol–water partition coefficient (Wildman–Crippen LogP) is 2.77. The molecule has 0 aliphatic carbocycles. The quantitative estimate of drug-likeness (QED) is 0.529. The van der Waals surface area contributed by atoms with Crippen molar-refractivity contribution in [3.63, 3.8) is 0 Å². The van der Waals surface area contributed by atoms with Gasteiger partial charge in [-0.15, -0.1) is 0 Å². The third-order valence-electron chi connectivity index (χ3n) is 5.70. The molecule has 1 aliphatic rings. The summed E-state index contributed by atoms with van der Waals surface area (Å²) in [6.45, 7) is 0.479. The molecule has 1 saturated heterocycles. The highest BCUT2D eigenvalue weighted by Gasteiger charge is 2.31. The monoisotopic (exact) mass is 483 g/mol. The number of rotatable bonds is 6. The molecule has 1 atom stereocenters. The zero-order chi connectivity index (χ0) is 24.3. The van der Waals surface area contributed by atoms with Crippen LogP contribution in [0.5, 0.6) is 0 Å². The molecule has 1 unspecified atom stereocenters. The number of likely N-dealkylation sites (tertiary alicyclic amines) is 1. The summed E-state index contributed by atoms with van der Waals surface area (Å²) in [6.07, 6.45) is 1.42. The van der Waals surface area contributed by atoms with Crippen LogP contribution >= 0.6 is 0 Å². The molecule has 34 heavy (non-hydrogen) atoms. The van der Waals surface area contributed by atoms with Gasteiger partial charge in [-0.1, -0.05) is 17.3 Å². The van der Waals surface area contributed by atoms with Crippen molar-refractivity contribution in [1.29, 1.82) is 5.26 Å². The van der Waals surface area contributed by atoms with E-state index in [9.17, 15) is 17.6 Å². The summed E-state index contributed by atoms with van der Waals surface area (Å²) in [5, 5.41) is 12.8. The van der Waals surface area contributed by atoms with E-state index in [1.54, 1.807) is 17.0 Å². The summed E-state index contributed by atoms with van der Waals surface area (Å²) in [4.78, 5) is 18.9. The zero-order valence-corrected chi connectivity index (χ0v) is 19.2. The number of amides is 1. The predicted molar refractivity (Wildman–Crippen MR) is 119 cm³/mol. The van der Waals surface area contributed by atoms with E-state index >= 15 is 0 Å². The molecule has 0 bridgehead atoms. The van der Waals surface area contributed by atoms with E-state index in [0.29, 0.717) is 36.5 Å². The van der Waals surface area contributed by atoms with Gasteiger partial charge in [0, 0.05) is 25.7 Å². The first kappa shape index (κ1) is 23.5. The average molecular weight is 484 g/mol. The standard InChI is InChI=1S/C23H22FN5O4S/c1-28(34(31,32)20-9-7-16(13-25)8-10-20)15-21(30)29-11-3-5-18(14-29)23-26-22(27-33-23)17-4-2-6-19(24)12-17/h2,4,6-10,12,18H,3,5,11,14-15H2,1H3. The number of carbonyl (C=O) groups is 1. The van der Waals surface area contributed by atoms with Crippen LogP contribution in [0, 0.1) is 17.1 Å². The lowest BCUT2D eigenvalue weighted by Crippen LogP contribution is -2.45. The number of sulfonamides is 1. The second kappa shape index (κ2) is 9.70. The van der Waals surface area contributed by atoms with E-state index in [1.807, 2.05) is 6.07 Å². The largest absolute Gasteiger partial charge is 0.341 e. The van der Waals surface area contributed by atoms with Crippen molar-refractivity contribution in [2.24, 2.45) is 0 Å². The maximum absolute atomic E-state index is 13.5. The van der Waals surface area contributed by atoms with Gasteiger partial charge in [0.25, 0.3) is 0 Å². The Kier molecular flexibility index (Phi) is 6.72. The van der Waals surface area contributed by atoms with Crippen LogP contribution in [-0.4, -0.2) is 60.4 Å². The number of aromatic nitrogens is 2. The lowest BCUT2D eigenvalue weighted by molar-refractivity contribution is -0.132. The van der Waals surface area contributed by atoms with Crippen LogP contribution in [-0.2, 0) is 14.8 Å². The fraction of sp³-hybridized carbons (Fsp3) is 0.304. The molecule has 3 aromatic rings. The minimum atomic E-state index is -3.89. The maximum Gasteiger partial charge on any atom is 0.243 e. The van der Waals surface area contributed by atoms with Gasteiger partial charge in [-0.2, -0.15) is 14.6 Å². The van der Waals surface area contributed by atoms with Gasteiger partial charge in [0.2, 0.25) is 27.6 Å². The van der Waals surface area contributed by atoms with Crippen LogP contribution < -0.4 is 0 Å².